The Kier molecular flexibility index (Phi) is 2.09. The molecule has 1 N–H and O–H groups in total. The van der Waals surface area contributed by atoms with Crippen LogP contribution in [-0.2, 0) is 13.7 Å². The molecule has 0 saturated heterocycles. The van der Waals surface area contributed by atoms with Crippen molar-refractivity contribution in [1.82, 2.24) is 14.9 Å². The van der Waals surface area contributed by atoms with E-state index in [4.69, 9.17) is 9.63 Å². The number of aromatic nitrogens is 3. The Balaban J connectivity index is 2.43. The predicted octanol–water partition coefficient (Wildman–Crippen LogP) is 0.876. The largest absolute Gasteiger partial charge is 0.390 e. The summed E-state index contributed by atoms with van der Waals surface area (Å²) in [6, 6.07) is 1.71. The second kappa shape index (κ2) is 3.26. The molecule has 0 unspecified atom stereocenters. The van der Waals surface area contributed by atoms with Gasteiger partial charge in [0.25, 0.3) is 0 Å². The van der Waals surface area contributed by atoms with Crippen molar-refractivity contribution in [2.24, 2.45) is 7.05 Å². The molecule has 0 fully saturated rings. The van der Waals surface area contributed by atoms with E-state index in [0.717, 1.165) is 11.3 Å². The molecular weight excluding hydrogens is 182 g/mol. The van der Waals surface area contributed by atoms with Crippen LogP contribution in [0.5, 0.6) is 0 Å². The van der Waals surface area contributed by atoms with Crippen molar-refractivity contribution < 1.29 is 9.63 Å². The van der Waals surface area contributed by atoms with E-state index in [1.54, 1.807) is 10.7 Å². The van der Waals surface area contributed by atoms with E-state index >= 15 is 0 Å². The molecule has 2 aromatic heterocycles. The highest BCUT2D eigenvalue weighted by Crippen LogP contribution is 2.22. The minimum absolute atomic E-state index is 0.108. The molecule has 0 aliphatic heterocycles. The predicted molar refractivity (Wildman–Crippen MR) is 49.4 cm³/mol. The molecule has 0 atom stereocenters. The van der Waals surface area contributed by atoms with E-state index < -0.39 is 0 Å². The number of nitrogens with zero attached hydrogens (tertiary/aromatic N) is 3. The van der Waals surface area contributed by atoms with Crippen LogP contribution in [0, 0.1) is 6.92 Å². The minimum Gasteiger partial charge on any atom is -0.390 e. The Labute approximate surface area is 81.0 Å². The van der Waals surface area contributed by atoms with Crippen molar-refractivity contribution in [3.05, 3.63) is 23.7 Å². The molecule has 0 radical (unpaired) electrons. The summed E-state index contributed by atoms with van der Waals surface area (Å²) in [5.74, 6) is 0.639. The van der Waals surface area contributed by atoms with Gasteiger partial charge < -0.3 is 9.63 Å². The van der Waals surface area contributed by atoms with Crippen LogP contribution >= 0.6 is 0 Å². The van der Waals surface area contributed by atoms with Gasteiger partial charge in [0.2, 0.25) is 0 Å². The lowest BCUT2D eigenvalue weighted by molar-refractivity contribution is 0.267. The fourth-order valence-corrected chi connectivity index (χ4v) is 1.35. The first kappa shape index (κ1) is 8.96. The molecule has 0 amide bonds. The Bertz CT molecular complexity index is 445. The summed E-state index contributed by atoms with van der Waals surface area (Å²) < 4.78 is 6.79. The lowest BCUT2D eigenvalue weighted by Gasteiger charge is -1.87. The number of aliphatic hydroxyl groups is 1. The molecule has 2 aromatic rings. The number of aryl methyl sites for hydroxylation is 2. The third-order valence-corrected chi connectivity index (χ3v) is 2.00. The van der Waals surface area contributed by atoms with Crippen LogP contribution in [-0.4, -0.2) is 20.0 Å². The van der Waals surface area contributed by atoms with Crippen LogP contribution in [0.25, 0.3) is 11.3 Å². The summed E-state index contributed by atoms with van der Waals surface area (Å²) in [6.45, 7) is 1.79. The fourth-order valence-electron chi connectivity index (χ4n) is 1.35. The van der Waals surface area contributed by atoms with Gasteiger partial charge in [-0.1, -0.05) is 5.16 Å². The number of rotatable bonds is 2. The topological polar surface area (TPSA) is 64.1 Å². The zero-order chi connectivity index (χ0) is 10.1. The maximum Gasteiger partial charge on any atom is 0.170 e. The standard InChI is InChI=1S/C9H11N3O2/c1-6-8(4-12(2)10-6)9-3-7(5-13)11-14-9/h3-4,13H,5H2,1-2H3. The van der Waals surface area contributed by atoms with E-state index in [1.807, 2.05) is 20.2 Å². The molecule has 0 aliphatic carbocycles. The van der Waals surface area contributed by atoms with Gasteiger partial charge in [-0.25, -0.2) is 0 Å². The summed E-state index contributed by atoms with van der Waals surface area (Å²) in [7, 11) is 1.85. The molecule has 0 aliphatic rings. The van der Waals surface area contributed by atoms with Crippen molar-refractivity contribution in [1.29, 1.82) is 0 Å². The van der Waals surface area contributed by atoms with Gasteiger partial charge in [-0.2, -0.15) is 5.10 Å². The van der Waals surface area contributed by atoms with E-state index in [1.165, 1.54) is 0 Å². The molecular formula is C9H11N3O2. The van der Waals surface area contributed by atoms with Crippen molar-refractivity contribution >= 4 is 0 Å². The molecule has 0 saturated carbocycles. The minimum atomic E-state index is -0.108. The monoisotopic (exact) mass is 193 g/mol. The van der Waals surface area contributed by atoms with Crippen molar-refractivity contribution in [3.8, 4) is 11.3 Å². The third kappa shape index (κ3) is 1.42. The van der Waals surface area contributed by atoms with Crippen LogP contribution in [0.3, 0.4) is 0 Å². The van der Waals surface area contributed by atoms with Gasteiger partial charge in [0.05, 0.1) is 17.9 Å². The lowest BCUT2D eigenvalue weighted by atomic mass is 10.2. The van der Waals surface area contributed by atoms with Crippen LogP contribution < -0.4 is 0 Å². The third-order valence-electron chi connectivity index (χ3n) is 2.00. The van der Waals surface area contributed by atoms with Crippen molar-refractivity contribution in [2.45, 2.75) is 13.5 Å². The molecule has 14 heavy (non-hydrogen) atoms. The zero-order valence-corrected chi connectivity index (χ0v) is 8.06. The molecule has 0 spiro atoms. The van der Waals surface area contributed by atoms with Crippen LogP contribution in [0.1, 0.15) is 11.4 Å². The highest BCUT2D eigenvalue weighted by atomic mass is 16.5. The highest BCUT2D eigenvalue weighted by molar-refractivity contribution is 5.59. The summed E-state index contributed by atoms with van der Waals surface area (Å²) in [4.78, 5) is 0. The Morgan fingerprint density at radius 2 is 2.36 bits per heavy atom. The van der Waals surface area contributed by atoms with Crippen molar-refractivity contribution in [2.75, 3.05) is 0 Å². The first-order valence-electron chi connectivity index (χ1n) is 4.28. The first-order chi connectivity index (χ1) is 6.70. The van der Waals surface area contributed by atoms with E-state index in [-0.39, 0.29) is 6.61 Å². The van der Waals surface area contributed by atoms with Crippen LogP contribution in [0.4, 0.5) is 0 Å². The van der Waals surface area contributed by atoms with Gasteiger partial charge in [0.15, 0.2) is 5.76 Å². The Morgan fingerprint density at radius 1 is 1.57 bits per heavy atom. The average molecular weight is 193 g/mol. The molecule has 5 heteroatoms. The molecule has 5 nitrogen and oxygen atoms in total. The van der Waals surface area contributed by atoms with E-state index in [2.05, 4.69) is 10.3 Å². The molecule has 2 rings (SSSR count). The molecule has 0 bridgehead atoms. The second-order valence-corrected chi connectivity index (χ2v) is 3.14. The summed E-state index contributed by atoms with van der Waals surface area (Å²) in [5.41, 5.74) is 2.32. The number of hydrogen-bond acceptors (Lipinski definition) is 4. The molecule has 74 valence electrons. The van der Waals surface area contributed by atoms with E-state index in [0.29, 0.717) is 11.5 Å². The van der Waals surface area contributed by atoms with Crippen LogP contribution in [0.15, 0.2) is 16.8 Å². The maximum atomic E-state index is 8.83. The van der Waals surface area contributed by atoms with Crippen molar-refractivity contribution in [3.63, 3.8) is 0 Å². The Morgan fingerprint density at radius 3 is 2.86 bits per heavy atom. The second-order valence-electron chi connectivity index (χ2n) is 3.14. The summed E-state index contributed by atoms with van der Waals surface area (Å²) >= 11 is 0. The Hall–Kier alpha value is -1.62. The first-order valence-corrected chi connectivity index (χ1v) is 4.28. The number of aliphatic hydroxyl groups excluding tert-OH is 1. The summed E-state index contributed by atoms with van der Waals surface area (Å²) in [6.07, 6.45) is 1.86. The van der Waals surface area contributed by atoms with Gasteiger partial charge in [0, 0.05) is 19.3 Å². The smallest absolute Gasteiger partial charge is 0.170 e. The van der Waals surface area contributed by atoms with Gasteiger partial charge >= 0.3 is 0 Å². The fraction of sp³-hybridized carbons (Fsp3) is 0.333. The quantitative estimate of drug-likeness (QED) is 0.768. The van der Waals surface area contributed by atoms with E-state index in [9.17, 15) is 0 Å². The average Bonchev–Trinajstić information content (AvgIpc) is 2.71. The highest BCUT2D eigenvalue weighted by Gasteiger charge is 2.11. The van der Waals surface area contributed by atoms with Crippen LogP contribution in [0.2, 0.25) is 0 Å². The summed E-state index contributed by atoms with van der Waals surface area (Å²) in [5, 5.41) is 16.7. The molecule has 0 aromatic carbocycles. The number of hydrogen-bond donors (Lipinski definition) is 1. The van der Waals surface area contributed by atoms with Gasteiger partial charge in [-0.05, 0) is 6.92 Å². The zero-order valence-electron chi connectivity index (χ0n) is 8.06. The normalized spacial score (nSPS) is 10.8. The molecule has 2 heterocycles. The lowest BCUT2D eigenvalue weighted by Crippen LogP contribution is -1.86. The van der Waals surface area contributed by atoms with Gasteiger partial charge in [-0.15, -0.1) is 0 Å². The van der Waals surface area contributed by atoms with Gasteiger partial charge in [-0.3, -0.25) is 4.68 Å². The maximum absolute atomic E-state index is 8.83. The van der Waals surface area contributed by atoms with Gasteiger partial charge in [0.1, 0.15) is 5.69 Å². The SMILES string of the molecule is Cc1nn(C)cc1-c1cc(CO)no1.